The van der Waals surface area contributed by atoms with Crippen molar-refractivity contribution in [1.82, 2.24) is 14.9 Å². The van der Waals surface area contributed by atoms with E-state index in [0.717, 1.165) is 0 Å². The molecule has 4 N–H and O–H groups in total. The van der Waals surface area contributed by atoms with Gasteiger partial charge in [-0.05, 0) is 27.2 Å². The van der Waals surface area contributed by atoms with Crippen molar-refractivity contribution in [2.45, 2.75) is 51.1 Å². The van der Waals surface area contributed by atoms with Crippen LogP contribution in [0.1, 0.15) is 38.6 Å². The molecule has 7 heteroatoms. The van der Waals surface area contributed by atoms with E-state index in [4.69, 9.17) is 5.73 Å². The maximum Gasteiger partial charge on any atom is 0.244 e. The van der Waals surface area contributed by atoms with Gasteiger partial charge in [0.25, 0.3) is 0 Å². The number of aromatic amines is 1. The molecule has 0 bridgehead atoms. The Morgan fingerprint density at radius 3 is 2.53 bits per heavy atom. The van der Waals surface area contributed by atoms with E-state index in [1.165, 1.54) is 0 Å². The van der Waals surface area contributed by atoms with Gasteiger partial charge < -0.3 is 5.73 Å². The number of aromatic nitrogens is 2. The molecule has 0 atom stereocenters. The molecule has 0 aliphatic heterocycles. The van der Waals surface area contributed by atoms with Crippen molar-refractivity contribution in [1.29, 1.82) is 0 Å². The van der Waals surface area contributed by atoms with Crippen LogP contribution in [0.5, 0.6) is 0 Å². The van der Waals surface area contributed by atoms with Gasteiger partial charge in [0.2, 0.25) is 10.0 Å². The predicted octanol–water partition coefficient (Wildman–Crippen LogP) is 0.644. The first-order valence-electron chi connectivity index (χ1n) is 5.51. The van der Waals surface area contributed by atoms with Gasteiger partial charge in [-0.3, -0.25) is 5.10 Å². The normalized spacial score (nSPS) is 13.0. The molecular formula is C10H20N4O2S. The van der Waals surface area contributed by atoms with Crippen molar-refractivity contribution in [3.63, 3.8) is 0 Å². The molecule has 0 aliphatic carbocycles. The van der Waals surface area contributed by atoms with Crippen LogP contribution in [0.15, 0.2) is 4.90 Å². The topological polar surface area (TPSA) is 101 Å². The Morgan fingerprint density at radius 1 is 1.47 bits per heavy atom. The third-order valence-electron chi connectivity index (χ3n) is 2.72. The maximum absolute atomic E-state index is 12.2. The lowest BCUT2D eigenvalue weighted by Gasteiger charge is -2.24. The summed E-state index contributed by atoms with van der Waals surface area (Å²) in [6, 6.07) is 0. The molecular weight excluding hydrogens is 240 g/mol. The Kier molecular flexibility index (Phi) is 3.95. The summed E-state index contributed by atoms with van der Waals surface area (Å²) < 4.78 is 27.1. The largest absolute Gasteiger partial charge is 0.325 e. The zero-order valence-corrected chi connectivity index (χ0v) is 11.5. The second kappa shape index (κ2) is 4.75. The maximum atomic E-state index is 12.2. The first-order valence-corrected chi connectivity index (χ1v) is 6.99. The van der Waals surface area contributed by atoms with Crippen molar-refractivity contribution < 1.29 is 8.42 Å². The van der Waals surface area contributed by atoms with Crippen LogP contribution in [0.2, 0.25) is 0 Å². The van der Waals surface area contributed by atoms with Crippen molar-refractivity contribution in [2.24, 2.45) is 5.73 Å². The van der Waals surface area contributed by atoms with Crippen LogP contribution in [-0.4, -0.2) is 24.2 Å². The van der Waals surface area contributed by atoms with Crippen molar-refractivity contribution in [2.75, 3.05) is 0 Å². The van der Waals surface area contributed by atoms with Crippen LogP contribution in [0, 0.1) is 6.92 Å². The number of hydrogen-bond donors (Lipinski definition) is 3. The number of aryl methyl sites for hydroxylation is 1. The Hall–Kier alpha value is -0.920. The molecule has 0 aromatic carbocycles. The summed E-state index contributed by atoms with van der Waals surface area (Å²) in [6.45, 7) is 7.35. The lowest BCUT2D eigenvalue weighted by molar-refractivity contribution is 0.439. The van der Waals surface area contributed by atoms with E-state index < -0.39 is 15.6 Å². The van der Waals surface area contributed by atoms with Crippen molar-refractivity contribution in [3.8, 4) is 0 Å². The molecule has 1 aromatic heterocycles. The van der Waals surface area contributed by atoms with E-state index in [0.29, 0.717) is 17.8 Å². The lowest BCUT2D eigenvalue weighted by Crippen LogP contribution is -2.43. The lowest BCUT2D eigenvalue weighted by atomic mass is 10.0. The second-order valence-corrected chi connectivity index (χ2v) is 6.29. The molecule has 6 nitrogen and oxygen atoms in total. The summed E-state index contributed by atoms with van der Waals surface area (Å²) >= 11 is 0. The predicted molar refractivity (Wildman–Crippen MR) is 65.9 cm³/mol. The van der Waals surface area contributed by atoms with Crippen LogP contribution < -0.4 is 10.5 Å². The highest BCUT2D eigenvalue weighted by molar-refractivity contribution is 7.89. The summed E-state index contributed by atoms with van der Waals surface area (Å²) in [4.78, 5) is 0.168. The van der Waals surface area contributed by atoms with Gasteiger partial charge in [0.15, 0.2) is 0 Å². The van der Waals surface area contributed by atoms with Gasteiger partial charge in [0.1, 0.15) is 4.90 Å². The van der Waals surface area contributed by atoms with Crippen LogP contribution in [0.25, 0.3) is 0 Å². The average Bonchev–Trinajstić information content (AvgIpc) is 2.58. The van der Waals surface area contributed by atoms with Crippen LogP contribution in [0.4, 0.5) is 0 Å². The molecule has 0 saturated carbocycles. The number of nitrogens with zero attached hydrogens (tertiary/aromatic N) is 1. The number of nitrogens with two attached hydrogens (primary N) is 1. The van der Waals surface area contributed by atoms with Gasteiger partial charge >= 0.3 is 0 Å². The third-order valence-corrected chi connectivity index (χ3v) is 4.62. The van der Waals surface area contributed by atoms with E-state index in [2.05, 4.69) is 14.9 Å². The summed E-state index contributed by atoms with van der Waals surface area (Å²) in [7, 11) is -3.58. The molecule has 17 heavy (non-hydrogen) atoms. The average molecular weight is 260 g/mol. The highest BCUT2D eigenvalue weighted by Gasteiger charge is 2.29. The fourth-order valence-corrected chi connectivity index (χ4v) is 3.31. The van der Waals surface area contributed by atoms with Crippen LogP contribution in [-0.2, 0) is 16.6 Å². The Labute approximate surface area is 102 Å². The highest BCUT2D eigenvalue weighted by atomic mass is 32.2. The van der Waals surface area contributed by atoms with E-state index >= 15 is 0 Å². The van der Waals surface area contributed by atoms with E-state index in [-0.39, 0.29) is 11.4 Å². The molecule has 0 amide bonds. The molecule has 1 rings (SSSR count). The minimum Gasteiger partial charge on any atom is -0.325 e. The summed E-state index contributed by atoms with van der Waals surface area (Å²) in [5.41, 5.74) is 5.86. The molecule has 1 heterocycles. The fourth-order valence-electron chi connectivity index (χ4n) is 1.45. The third kappa shape index (κ3) is 3.05. The van der Waals surface area contributed by atoms with Gasteiger partial charge in [-0.25, -0.2) is 13.1 Å². The molecule has 0 aliphatic rings. The van der Waals surface area contributed by atoms with Crippen LogP contribution >= 0.6 is 0 Å². The second-order valence-electron chi connectivity index (χ2n) is 4.67. The van der Waals surface area contributed by atoms with Crippen LogP contribution in [0.3, 0.4) is 0 Å². The Morgan fingerprint density at radius 2 is 2.06 bits per heavy atom. The monoisotopic (exact) mass is 260 g/mol. The van der Waals surface area contributed by atoms with Crippen molar-refractivity contribution >= 4 is 10.0 Å². The minimum atomic E-state index is -3.58. The molecule has 0 unspecified atom stereocenters. The van der Waals surface area contributed by atoms with Gasteiger partial charge in [-0.1, -0.05) is 6.92 Å². The standard InChI is InChI=1S/C10H20N4O2S/c1-5-10(3,4)14-17(15,16)9-7(2)12-13-8(9)6-11/h14H,5-6,11H2,1-4H3,(H,12,13). The first-order chi connectivity index (χ1) is 7.73. The molecule has 98 valence electrons. The molecule has 0 saturated heterocycles. The molecule has 0 radical (unpaired) electrons. The van der Waals surface area contributed by atoms with E-state index in [9.17, 15) is 8.42 Å². The highest BCUT2D eigenvalue weighted by Crippen LogP contribution is 2.20. The number of H-pyrrole nitrogens is 1. The molecule has 1 aromatic rings. The van der Waals surface area contributed by atoms with Gasteiger partial charge in [0.05, 0.1) is 11.4 Å². The minimum absolute atomic E-state index is 0.0904. The Bertz CT molecular complexity index is 490. The fraction of sp³-hybridized carbons (Fsp3) is 0.700. The van der Waals surface area contributed by atoms with Gasteiger partial charge in [-0.15, -0.1) is 0 Å². The Balaban J connectivity index is 3.18. The molecule has 0 spiro atoms. The smallest absolute Gasteiger partial charge is 0.244 e. The number of nitrogens with one attached hydrogen (secondary N) is 2. The van der Waals surface area contributed by atoms with Gasteiger partial charge in [-0.2, -0.15) is 5.10 Å². The summed E-state index contributed by atoms with van der Waals surface area (Å²) in [6.07, 6.45) is 0.696. The zero-order valence-electron chi connectivity index (χ0n) is 10.7. The molecule has 0 fully saturated rings. The number of sulfonamides is 1. The summed E-state index contributed by atoms with van der Waals surface area (Å²) in [5, 5.41) is 6.54. The van der Waals surface area contributed by atoms with Crippen molar-refractivity contribution in [3.05, 3.63) is 11.4 Å². The number of rotatable bonds is 5. The zero-order chi connectivity index (χ0) is 13.3. The quantitative estimate of drug-likeness (QED) is 0.723. The number of hydrogen-bond acceptors (Lipinski definition) is 4. The summed E-state index contributed by atoms with van der Waals surface area (Å²) in [5.74, 6) is 0. The van der Waals surface area contributed by atoms with Gasteiger partial charge in [0, 0.05) is 12.1 Å². The van der Waals surface area contributed by atoms with E-state index in [1.54, 1.807) is 6.92 Å². The SMILES string of the molecule is CCC(C)(C)NS(=O)(=O)c1c(CN)n[nH]c1C. The van der Waals surface area contributed by atoms with E-state index in [1.807, 2.05) is 20.8 Å². The first kappa shape index (κ1) is 14.1.